The molecule has 0 bridgehead atoms. The number of methoxy groups -OCH3 is 1. The Morgan fingerprint density at radius 1 is 1.33 bits per heavy atom. The van der Waals surface area contributed by atoms with E-state index in [1.165, 1.54) is 7.11 Å². The van der Waals surface area contributed by atoms with Crippen molar-refractivity contribution in [1.82, 2.24) is 0 Å². The van der Waals surface area contributed by atoms with Gasteiger partial charge >= 0.3 is 12.1 Å². The highest BCUT2D eigenvalue weighted by molar-refractivity contribution is 5.88. The summed E-state index contributed by atoms with van der Waals surface area (Å²) in [6.45, 7) is 0.852. The zero-order valence-electron chi connectivity index (χ0n) is 9.62. The average Bonchev–Trinajstić information content (AvgIpc) is 2.27. The lowest BCUT2D eigenvalue weighted by atomic mass is 10.2. The summed E-state index contributed by atoms with van der Waals surface area (Å²) in [6, 6.07) is 3.37. The fourth-order valence-electron chi connectivity index (χ4n) is 1.16. The molecule has 0 aliphatic heterocycles. The number of halogens is 3. The van der Waals surface area contributed by atoms with E-state index in [0.717, 1.165) is 25.1 Å². The third kappa shape index (κ3) is 3.28. The van der Waals surface area contributed by atoms with E-state index in [9.17, 15) is 18.0 Å². The van der Waals surface area contributed by atoms with Crippen molar-refractivity contribution in [2.75, 3.05) is 7.11 Å². The van der Waals surface area contributed by atoms with Crippen LogP contribution >= 0.6 is 0 Å². The van der Waals surface area contributed by atoms with Crippen LogP contribution in [0.25, 0.3) is 0 Å². The molecule has 1 aromatic carbocycles. The number of carboxylic acid groups (broad SMARTS) is 1. The molecule has 0 radical (unpaired) electrons. The Morgan fingerprint density at radius 2 is 1.94 bits per heavy atom. The molecule has 4 nitrogen and oxygen atoms in total. The van der Waals surface area contributed by atoms with E-state index < -0.39 is 18.2 Å². The first kappa shape index (κ1) is 14.1. The molecule has 0 aliphatic carbocycles. The monoisotopic (exact) mass is 264 g/mol. The van der Waals surface area contributed by atoms with Crippen molar-refractivity contribution in [3.05, 3.63) is 23.8 Å². The minimum atomic E-state index is -4.50. The first-order valence-electron chi connectivity index (χ1n) is 4.90. The van der Waals surface area contributed by atoms with E-state index in [1.807, 2.05) is 0 Å². The van der Waals surface area contributed by atoms with Crippen molar-refractivity contribution in [1.29, 1.82) is 0 Å². The fourth-order valence-corrected chi connectivity index (χ4v) is 1.16. The molecule has 0 heterocycles. The Labute approximate surface area is 101 Å². The van der Waals surface area contributed by atoms with Gasteiger partial charge in [0.15, 0.2) is 17.6 Å². The Morgan fingerprint density at radius 3 is 2.39 bits per heavy atom. The van der Waals surface area contributed by atoms with E-state index in [4.69, 9.17) is 14.6 Å². The SMILES string of the molecule is COc1cc(C(=O)O)ccc1O[C@@H](C)C(F)(F)F. The van der Waals surface area contributed by atoms with Crippen LogP contribution in [0.5, 0.6) is 11.5 Å². The number of carbonyl (C=O) groups is 1. The van der Waals surface area contributed by atoms with E-state index >= 15 is 0 Å². The predicted octanol–water partition coefficient (Wildman–Crippen LogP) is 2.72. The van der Waals surface area contributed by atoms with E-state index in [2.05, 4.69) is 0 Å². The molecule has 1 aromatic rings. The van der Waals surface area contributed by atoms with Crippen molar-refractivity contribution >= 4 is 5.97 Å². The Kier molecular flexibility index (Phi) is 4.05. The lowest BCUT2D eigenvalue weighted by Crippen LogP contribution is -2.31. The summed E-state index contributed by atoms with van der Waals surface area (Å²) in [5.74, 6) is -1.43. The van der Waals surface area contributed by atoms with Gasteiger partial charge in [0, 0.05) is 0 Å². The van der Waals surface area contributed by atoms with Gasteiger partial charge in [-0.05, 0) is 25.1 Å². The molecule has 0 aliphatic rings. The summed E-state index contributed by atoms with van der Waals surface area (Å²) < 4.78 is 46.4. The fraction of sp³-hybridized carbons (Fsp3) is 0.364. The molecule has 1 N–H and O–H groups in total. The van der Waals surface area contributed by atoms with Gasteiger partial charge in [-0.2, -0.15) is 13.2 Å². The Hall–Kier alpha value is -1.92. The van der Waals surface area contributed by atoms with Crippen LogP contribution in [0.4, 0.5) is 13.2 Å². The molecule has 0 saturated heterocycles. The molecule has 0 fully saturated rings. The molecule has 0 amide bonds. The van der Waals surface area contributed by atoms with Crippen LogP contribution in [0.3, 0.4) is 0 Å². The third-order valence-electron chi connectivity index (χ3n) is 2.18. The van der Waals surface area contributed by atoms with E-state index in [0.29, 0.717) is 0 Å². The van der Waals surface area contributed by atoms with Crippen LogP contribution in [-0.4, -0.2) is 30.5 Å². The first-order valence-corrected chi connectivity index (χ1v) is 4.90. The van der Waals surface area contributed by atoms with Crippen LogP contribution in [0.2, 0.25) is 0 Å². The maximum Gasteiger partial charge on any atom is 0.425 e. The largest absolute Gasteiger partial charge is 0.493 e. The highest BCUT2D eigenvalue weighted by atomic mass is 19.4. The van der Waals surface area contributed by atoms with E-state index in [-0.39, 0.29) is 17.1 Å². The van der Waals surface area contributed by atoms with Crippen LogP contribution in [0.1, 0.15) is 17.3 Å². The van der Waals surface area contributed by atoms with Gasteiger partial charge in [0.1, 0.15) is 0 Å². The van der Waals surface area contributed by atoms with Crippen molar-refractivity contribution < 1.29 is 32.5 Å². The van der Waals surface area contributed by atoms with Crippen LogP contribution in [0.15, 0.2) is 18.2 Å². The molecule has 18 heavy (non-hydrogen) atoms. The number of benzene rings is 1. The second kappa shape index (κ2) is 5.16. The standard InChI is InChI=1S/C11H11F3O4/c1-6(11(12,13)14)18-8-4-3-7(10(15)16)5-9(8)17-2/h3-6H,1-2H3,(H,15,16)/t6-/m0/s1. The van der Waals surface area contributed by atoms with Gasteiger partial charge in [-0.1, -0.05) is 0 Å². The summed E-state index contributed by atoms with van der Waals surface area (Å²) in [5.41, 5.74) is -0.0983. The van der Waals surface area contributed by atoms with Gasteiger partial charge in [0.2, 0.25) is 0 Å². The zero-order chi connectivity index (χ0) is 13.9. The number of rotatable bonds is 4. The maximum absolute atomic E-state index is 12.3. The number of ether oxygens (including phenoxy) is 2. The zero-order valence-corrected chi connectivity index (χ0v) is 9.62. The van der Waals surface area contributed by atoms with Crippen molar-refractivity contribution in [2.24, 2.45) is 0 Å². The number of hydrogen-bond acceptors (Lipinski definition) is 3. The molecule has 7 heteroatoms. The van der Waals surface area contributed by atoms with Crippen molar-refractivity contribution in [3.63, 3.8) is 0 Å². The molecule has 0 spiro atoms. The molecule has 1 atom stereocenters. The molecule has 100 valence electrons. The highest BCUT2D eigenvalue weighted by Crippen LogP contribution is 2.32. The second-order valence-electron chi connectivity index (χ2n) is 3.47. The summed E-state index contributed by atoms with van der Waals surface area (Å²) in [5, 5.41) is 8.73. The van der Waals surface area contributed by atoms with Gasteiger partial charge in [-0.3, -0.25) is 0 Å². The molecule has 0 unspecified atom stereocenters. The van der Waals surface area contributed by atoms with Crippen LogP contribution < -0.4 is 9.47 Å². The number of carboxylic acids is 1. The van der Waals surface area contributed by atoms with Gasteiger partial charge in [0.25, 0.3) is 0 Å². The predicted molar refractivity (Wildman–Crippen MR) is 56.1 cm³/mol. The molecular formula is C11H11F3O4. The van der Waals surface area contributed by atoms with Crippen LogP contribution in [-0.2, 0) is 0 Å². The van der Waals surface area contributed by atoms with Gasteiger partial charge in [0.05, 0.1) is 12.7 Å². The van der Waals surface area contributed by atoms with Gasteiger partial charge in [-0.25, -0.2) is 4.79 Å². The lowest BCUT2D eigenvalue weighted by molar-refractivity contribution is -0.189. The normalized spacial score (nSPS) is 12.9. The number of hydrogen-bond donors (Lipinski definition) is 1. The van der Waals surface area contributed by atoms with Crippen molar-refractivity contribution in [2.45, 2.75) is 19.2 Å². The van der Waals surface area contributed by atoms with Gasteiger partial charge in [-0.15, -0.1) is 0 Å². The summed E-state index contributed by atoms with van der Waals surface area (Å²) in [7, 11) is 1.21. The van der Waals surface area contributed by atoms with Crippen LogP contribution in [0, 0.1) is 0 Å². The topological polar surface area (TPSA) is 55.8 Å². The average molecular weight is 264 g/mol. The maximum atomic E-state index is 12.3. The second-order valence-corrected chi connectivity index (χ2v) is 3.47. The summed E-state index contributed by atoms with van der Waals surface area (Å²) in [6.07, 6.45) is -6.52. The number of alkyl halides is 3. The Bertz CT molecular complexity index is 442. The molecule has 1 rings (SSSR count). The van der Waals surface area contributed by atoms with Gasteiger partial charge < -0.3 is 14.6 Å². The third-order valence-corrected chi connectivity index (χ3v) is 2.18. The molecular weight excluding hydrogens is 253 g/mol. The molecule has 0 saturated carbocycles. The summed E-state index contributed by atoms with van der Waals surface area (Å²) in [4.78, 5) is 10.7. The minimum absolute atomic E-state index is 0.0639. The quantitative estimate of drug-likeness (QED) is 0.908. The first-order chi connectivity index (χ1) is 8.25. The molecule has 0 aromatic heterocycles. The smallest absolute Gasteiger partial charge is 0.425 e. The minimum Gasteiger partial charge on any atom is -0.493 e. The highest BCUT2D eigenvalue weighted by Gasteiger charge is 2.38. The van der Waals surface area contributed by atoms with Crippen molar-refractivity contribution in [3.8, 4) is 11.5 Å². The van der Waals surface area contributed by atoms with E-state index in [1.54, 1.807) is 0 Å². The lowest BCUT2D eigenvalue weighted by Gasteiger charge is -2.19. The Balaban J connectivity index is 3.00. The summed E-state index contributed by atoms with van der Waals surface area (Å²) >= 11 is 0. The number of aromatic carboxylic acids is 1.